The van der Waals surface area contributed by atoms with Gasteiger partial charge in [-0.2, -0.15) is 12.6 Å². The zero-order chi connectivity index (χ0) is 14.4. The normalized spacial score (nSPS) is 22.1. The van der Waals surface area contributed by atoms with Gasteiger partial charge in [0.25, 0.3) is 5.91 Å². The van der Waals surface area contributed by atoms with Gasteiger partial charge in [-0.15, -0.1) is 0 Å². The van der Waals surface area contributed by atoms with E-state index >= 15 is 0 Å². The van der Waals surface area contributed by atoms with Gasteiger partial charge in [-0.3, -0.25) is 14.8 Å². The van der Waals surface area contributed by atoms with Crippen molar-refractivity contribution in [1.82, 2.24) is 10.4 Å². The largest absolute Gasteiger partial charge is 0.340 e. The van der Waals surface area contributed by atoms with Crippen molar-refractivity contribution in [2.24, 2.45) is 5.92 Å². The highest BCUT2D eigenvalue weighted by Crippen LogP contribution is 2.25. The predicted octanol–water partition coefficient (Wildman–Crippen LogP) is 1.61. The van der Waals surface area contributed by atoms with E-state index in [4.69, 9.17) is 5.21 Å². The minimum Gasteiger partial charge on any atom is -0.340 e. The van der Waals surface area contributed by atoms with Gasteiger partial charge in [0.1, 0.15) is 0 Å². The average molecular weight is 288 g/mol. The van der Waals surface area contributed by atoms with Crippen LogP contribution in [0.1, 0.15) is 46.0 Å². The lowest BCUT2D eigenvalue weighted by atomic mass is 9.95. The SMILES string of the molecule is CCCC[C@@H](C(=O)N1CCC[C@H]1C)[C@H](S)C(=O)NO. The molecule has 0 aromatic heterocycles. The zero-order valence-corrected chi connectivity index (χ0v) is 12.5. The summed E-state index contributed by atoms with van der Waals surface area (Å²) in [5.41, 5.74) is 1.59. The summed E-state index contributed by atoms with van der Waals surface area (Å²) in [5, 5.41) is 7.91. The zero-order valence-electron chi connectivity index (χ0n) is 11.6. The molecule has 1 fully saturated rings. The molecule has 2 N–H and O–H groups in total. The maximum Gasteiger partial charge on any atom is 0.256 e. The Kier molecular flexibility index (Phi) is 6.65. The summed E-state index contributed by atoms with van der Waals surface area (Å²) in [5.74, 6) is -1.08. The molecule has 1 saturated heterocycles. The van der Waals surface area contributed by atoms with Crippen molar-refractivity contribution in [2.45, 2.75) is 57.2 Å². The molecule has 0 spiro atoms. The van der Waals surface area contributed by atoms with Gasteiger partial charge in [0.05, 0.1) is 11.2 Å². The molecular weight excluding hydrogens is 264 g/mol. The van der Waals surface area contributed by atoms with E-state index in [1.807, 2.05) is 18.7 Å². The molecule has 2 amide bonds. The number of amides is 2. The molecule has 5 nitrogen and oxygen atoms in total. The van der Waals surface area contributed by atoms with Crippen LogP contribution in [0.25, 0.3) is 0 Å². The molecule has 0 aromatic carbocycles. The van der Waals surface area contributed by atoms with Gasteiger partial charge in [-0.1, -0.05) is 19.8 Å². The van der Waals surface area contributed by atoms with Crippen LogP contribution in [-0.4, -0.2) is 39.8 Å². The van der Waals surface area contributed by atoms with Gasteiger partial charge in [0.2, 0.25) is 5.91 Å². The van der Waals surface area contributed by atoms with Crippen LogP contribution in [0.15, 0.2) is 0 Å². The monoisotopic (exact) mass is 288 g/mol. The fraction of sp³-hybridized carbons (Fsp3) is 0.846. The summed E-state index contributed by atoms with van der Waals surface area (Å²) < 4.78 is 0. The Bertz CT molecular complexity index is 325. The van der Waals surface area contributed by atoms with Crippen molar-refractivity contribution in [1.29, 1.82) is 0 Å². The van der Waals surface area contributed by atoms with Crippen LogP contribution in [0.4, 0.5) is 0 Å². The summed E-state index contributed by atoms with van der Waals surface area (Å²) in [4.78, 5) is 25.9. The van der Waals surface area contributed by atoms with Gasteiger partial charge < -0.3 is 4.90 Å². The van der Waals surface area contributed by atoms with E-state index in [1.54, 1.807) is 5.48 Å². The lowest BCUT2D eigenvalue weighted by Gasteiger charge is -2.29. The molecule has 0 saturated carbocycles. The molecule has 19 heavy (non-hydrogen) atoms. The first-order valence-corrected chi connectivity index (χ1v) is 7.47. The van der Waals surface area contributed by atoms with Crippen molar-refractivity contribution in [3.05, 3.63) is 0 Å². The Hall–Kier alpha value is -0.750. The molecule has 1 rings (SSSR count). The van der Waals surface area contributed by atoms with Crippen LogP contribution in [0, 0.1) is 5.92 Å². The van der Waals surface area contributed by atoms with Crippen molar-refractivity contribution in [2.75, 3.05) is 6.54 Å². The van der Waals surface area contributed by atoms with E-state index in [0.717, 1.165) is 32.2 Å². The number of rotatable bonds is 6. The van der Waals surface area contributed by atoms with E-state index in [9.17, 15) is 9.59 Å². The third-order valence-corrected chi connectivity index (χ3v) is 4.38. The molecule has 0 aliphatic carbocycles. The number of carbonyl (C=O) groups excluding carboxylic acids is 2. The topological polar surface area (TPSA) is 69.6 Å². The highest BCUT2D eigenvalue weighted by Gasteiger charge is 2.36. The molecule has 0 aromatic rings. The summed E-state index contributed by atoms with van der Waals surface area (Å²) in [6.07, 6.45) is 4.47. The van der Waals surface area contributed by atoms with Crippen LogP contribution in [0.5, 0.6) is 0 Å². The maximum absolute atomic E-state index is 12.5. The molecular formula is C13H24N2O3S. The fourth-order valence-corrected chi connectivity index (χ4v) is 2.90. The van der Waals surface area contributed by atoms with Crippen LogP contribution >= 0.6 is 12.6 Å². The standard InChI is InChI=1S/C13H24N2O3S/c1-3-4-7-10(11(19)12(16)14-18)13(17)15-8-5-6-9(15)2/h9-11,18-19H,3-8H2,1-2H3,(H,14,16)/t9-,10-,11+/m1/s1. The third-order valence-electron chi connectivity index (χ3n) is 3.78. The molecule has 1 aliphatic heterocycles. The number of hydrogen-bond acceptors (Lipinski definition) is 4. The number of thiol groups is 1. The second-order valence-corrected chi connectivity index (χ2v) is 5.75. The van der Waals surface area contributed by atoms with Gasteiger partial charge in [0, 0.05) is 12.6 Å². The number of nitrogens with one attached hydrogen (secondary N) is 1. The van der Waals surface area contributed by atoms with E-state index in [-0.39, 0.29) is 11.9 Å². The Morgan fingerprint density at radius 3 is 2.68 bits per heavy atom. The second kappa shape index (κ2) is 7.75. The Morgan fingerprint density at radius 1 is 1.53 bits per heavy atom. The van der Waals surface area contributed by atoms with E-state index < -0.39 is 17.1 Å². The van der Waals surface area contributed by atoms with Gasteiger partial charge in [-0.25, -0.2) is 5.48 Å². The summed E-state index contributed by atoms with van der Waals surface area (Å²) in [6, 6.07) is 0.231. The third kappa shape index (κ3) is 4.11. The predicted molar refractivity (Wildman–Crippen MR) is 76.1 cm³/mol. The summed E-state index contributed by atoms with van der Waals surface area (Å²) in [7, 11) is 0. The number of unbranched alkanes of at least 4 members (excludes halogenated alkanes) is 1. The highest BCUT2D eigenvalue weighted by molar-refractivity contribution is 7.81. The van der Waals surface area contributed by atoms with E-state index in [0.29, 0.717) is 6.42 Å². The molecule has 110 valence electrons. The number of nitrogens with zero attached hydrogens (tertiary/aromatic N) is 1. The van der Waals surface area contributed by atoms with Crippen molar-refractivity contribution >= 4 is 24.4 Å². The second-order valence-electron chi connectivity index (χ2n) is 5.19. The minimum atomic E-state index is -0.795. The van der Waals surface area contributed by atoms with Crippen LogP contribution in [0.2, 0.25) is 0 Å². The molecule has 6 heteroatoms. The lowest BCUT2D eigenvalue weighted by Crippen LogP contribution is -2.45. The lowest BCUT2D eigenvalue weighted by molar-refractivity contribution is -0.140. The van der Waals surface area contributed by atoms with Gasteiger partial charge in [-0.05, 0) is 26.2 Å². The smallest absolute Gasteiger partial charge is 0.256 e. The summed E-state index contributed by atoms with van der Waals surface area (Å²) >= 11 is 4.21. The van der Waals surface area contributed by atoms with Crippen molar-refractivity contribution < 1.29 is 14.8 Å². The molecule has 0 bridgehead atoms. The quantitative estimate of drug-likeness (QED) is 0.395. The van der Waals surface area contributed by atoms with Crippen molar-refractivity contribution in [3.8, 4) is 0 Å². The summed E-state index contributed by atoms with van der Waals surface area (Å²) in [6.45, 7) is 4.82. The average Bonchev–Trinajstić information content (AvgIpc) is 2.83. The van der Waals surface area contributed by atoms with E-state index in [2.05, 4.69) is 12.6 Å². The van der Waals surface area contributed by atoms with Crippen LogP contribution in [0.3, 0.4) is 0 Å². The molecule has 1 aliphatic rings. The van der Waals surface area contributed by atoms with Crippen LogP contribution < -0.4 is 5.48 Å². The first-order valence-electron chi connectivity index (χ1n) is 6.95. The fourth-order valence-electron chi connectivity index (χ4n) is 2.56. The number of hydrogen-bond donors (Lipinski definition) is 3. The molecule has 1 heterocycles. The Balaban J connectivity index is 2.77. The van der Waals surface area contributed by atoms with E-state index in [1.165, 1.54) is 0 Å². The van der Waals surface area contributed by atoms with Crippen molar-refractivity contribution in [3.63, 3.8) is 0 Å². The number of likely N-dealkylation sites (tertiary alicyclic amines) is 1. The molecule has 0 unspecified atom stereocenters. The highest BCUT2D eigenvalue weighted by atomic mass is 32.1. The number of carbonyl (C=O) groups is 2. The van der Waals surface area contributed by atoms with Gasteiger partial charge in [0.15, 0.2) is 0 Å². The molecule has 0 radical (unpaired) electrons. The Morgan fingerprint density at radius 2 is 2.21 bits per heavy atom. The Labute approximate surface area is 120 Å². The molecule has 3 atom stereocenters. The minimum absolute atomic E-state index is 0.0120. The first-order chi connectivity index (χ1) is 9.02. The number of hydroxylamine groups is 1. The van der Waals surface area contributed by atoms with Crippen LogP contribution in [-0.2, 0) is 9.59 Å². The first kappa shape index (κ1) is 16.3. The maximum atomic E-state index is 12.5. The van der Waals surface area contributed by atoms with Gasteiger partial charge >= 0.3 is 0 Å².